The van der Waals surface area contributed by atoms with E-state index in [-0.39, 0.29) is 5.78 Å². The molecule has 0 radical (unpaired) electrons. The van der Waals surface area contributed by atoms with Crippen LogP contribution in [0, 0.1) is 0 Å². The van der Waals surface area contributed by atoms with Gasteiger partial charge in [-0.15, -0.1) is 0 Å². The van der Waals surface area contributed by atoms with Crippen molar-refractivity contribution in [2.24, 2.45) is 0 Å². The summed E-state index contributed by atoms with van der Waals surface area (Å²) in [6, 6.07) is 20.0. The van der Waals surface area contributed by atoms with Crippen LogP contribution in [-0.4, -0.2) is 46.1 Å². The lowest BCUT2D eigenvalue weighted by atomic mass is 10.0. The van der Waals surface area contributed by atoms with Crippen molar-refractivity contribution in [3.63, 3.8) is 0 Å². The van der Waals surface area contributed by atoms with Crippen LogP contribution in [0.2, 0.25) is 0 Å². The van der Waals surface area contributed by atoms with Crippen LogP contribution in [0.3, 0.4) is 0 Å². The number of ketones is 1. The molecule has 0 atom stereocenters. The molecule has 0 fully saturated rings. The van der Waals surface area contributed by atoms with Crippen LogP contribution in [0.5, 0.6) is 5.75 Å². The summed E-state index contributed by atoms with van der Waals surface area (Å²) in [6.07, 6.45) is 9.23. The number of hydrogen-bond acceptors (Lipinski definition) is 5. The molecule has 0 amide bonds. The van der Waals surface area contributed by atoms with Crippen molar-refractivity contribution in [2.75, 3.05) is 20.6 Å². The van der Waals surface area contributed by atoms with Crippen molar-refractivity contribution >= 4 is 5.78 Å². The van der Waals surface area contributed by atoms with E-state index in [1.54, 1.807) is 6.20 Å². The minimum absolute atomic E-state index is 0.225. The van der Waals surface area contributed by atoms with Crippen LogP contribution >= 0.6 is 0 Å². The van der Waals surface area contributed by atoms with Gasteiger partial charge in [-0.05, 0) is 61.0 Å². The van der Waals surface area contributed by atoms with Crippen LogP contribution in [0.4, 0.5) is 0 Å². The first-order valence-corrected chi connectivity index (χ1v) is 11.9. The van der Waals surface area contributed by atoms with E-state index < -0.39 is 0 Å². The van der Waals surface area contributed by atoms with E-state index >= 15 is 0 Å². The number of benzene rings is 2. The summed E-state index contributed by atoms with van der Waals surface area (Å²) >= 11 is 0. The summed E-state index contributed by atoms with van der Waals surface area (Å²) < 4.78 is 8.06. The third kappa shape index (κ3) is 7.36. The van der Waals surface area contributed by atoms with Crippen LogP contribution in [-0.2, 0) is 30.8 Å². The van der Waals surface area contributed by atoms with Gasteiger partial charge in [0.15, 0.2) is 0 Å². The van der Waals surface area contributed by atoms with Gasteiger partial charge in [0.1, 0.15) is 18.1 Å². The van der Waals surface area contributed by atoms with Crippen molar-refractivity contribution < 1.29 is 9.53 Å². The summed E-state index contributed by atoms with van der Waals surface area (Å²) in [6.45, 7) is 2.25. The summed E-state index contributed by atoms with van der Waals surface area (Å²) in [5.74, 6) is 1.01. The van der Waals surface area contributed by atoms with Gasteiger partial charge in [0.05, 0.1) is 12.7 Å². The molecule has 6 heteroatoms. The second kappa shape index (κ2) is 12.1. The number of carbonyl (C=O) groups excluding carboxylic acids is 1. The van der Waals surface area contributed by atoms with Crippen molar-refractivity contribution in [1.82, 2.24) is 19.7 Å². The van der Waals surface area contributed by atoms with Crippen molar-refractivity contribution in [1.29, 1.82) is 0 Å². The number of pyridine rings is 1. The molecule has 0 saturated carbocycles. The van der Waals surface area contributed by atoms with Gasteiger partial charge in [0, 0.05) is 43.5 Å². The monoisotopic (exact) mass is 468 g/mol. The number of carbonyl (C=O) groups is 1. The van der Waals surface area contributed by atoms with Crippen LogP contribution in [0.1, 0.15) is 23.1 Å². The molecule has 6 nitrogen and oxygen atoms in total. The average Bonchev–Trinajstić information content (AvgIpc) is 3.36. The highest BCUT2D eigenvalue weighted by molar-refractivity contribution is 5.81. The lowest BCUT2D eigenvalue weighted by Crippen LogP contribution is -2.18. The summed E-state index contributed by atoms with van der Waals surface area (Å²) in [4.78, 5) is 18.6. The number of rotatable bonds is 12. The Morgan fingerprint density at radius 3 is 2.57 bits per heavy atom. The number of aryl methyl sites for hydroxylation is 1. The molecule has 0 saturated heterocycles. The zero-order valence-electron chi connectivity index (χ0n) is 20.4. The SMILES string of the molecule is CN(C)CCn1cc(-c2ccccc2COc2ccc(CC(=O)CCc3cccnc3)cc2)cn1. The summed E-state index contributed by atoms with van der Waals surface area (Å²) in [5, 5.41) is 4.51. The Kier molecular flexibility index (Phi) is 8.41. The summed E-state index contributed by atoms with van der Waals surface area (Å²) in [7, 11) is 4.12. The Hall–Kier alpha value is -3.77. The maximum absolute atomic E-state index is 12.4. The van der Waals surface area contributed by atoms with Gasteiger partial charge >= 0.3 is 0 Å². The Morgan fingerprint density at radius 2 is 1.80 bits per heavy atom. The van der Waals surface area contributed by atoms with Gasteiger partial charge in [-0.1, -0.05) is 42.5 Å². The fraction of sp³-hybridized carbons (Fsp3) is 0.276. The predicted octanol–water partition coefficient (Wildman–Crippen LogP) is 4.83. The topological polar surface area (TPSA) is 60.2 Å². The van der Waals surface area contributed by atoms with Gasteiger partial charge in [-0.3, -0.25) is 14.5 Å². The predicted molar refractivity (Wildman–Crippen MR) is 138 cm³/mol. The molecule has 0 N–H and O–H groups in total. The summed E-state index contributed by atoms with van der Waals surface area (Å²) in [5.41, 5.74) is 5.40. The third-order valence-corrected chi connectivity index (χ3v) is 5.87. The zero-order valence-corrected chi connectivity index (χ0v) is 20.4. The lowest BCUT2D eigenvalue weighted by molar-refractivity contribution is -0.118. The fourth-order valence-electron chi connectivity index (χ4n) is 3.87. The average molecular weight is 469 g/mol. The van der Waals surface area contributed by atoms with Gasteiger partial charge < -0.3 is 9.64 Å². The van der Waals surface area contributed by atoms with Crippen LogP contribution in [0.15, 0.2) is 85.5 Å². The Bertz CT molecular complexity index is 1220. The Labute approximate surface area is 207 Å². The second-order valence-corrected chi connectivity index (χ2v) is 8.96. The number of hydrogen-bond donors (Lipinski definition) is 0. The van der Waals surface area contributed by atoms with E-state index in [1.807, 2.05) is 65.6 Å². The van der Waals surface area contributed by atoms with E-state index in [1.165, 1.54) is 0 Å². The Balaban J connectivity index is 1.31. The molecule has 4 aromatic rings. The molecule has 4 rings (SSSR count). The highest BCUT2D eigenvalue weighted by Gasteiger charge is 2.09. The second-order valence-electron chi connectivity index (χ2n) is 8.96. The normalized spacial score (nSPS) is 11.1. The van der Waals surface area contributed by atoms with Crippen molar-refractivity contribution in [2.45, 2.75) is 32.4 Å². The van der Waals surface area contributed by atoms with Crippen LogP contribution in [0.25, 0.3) is 11.1 Å². The van der Waals surface area contributed by atoms with Crippen LogP contribution < -0.4 is 4.74 Å². The molecule has 35 heavy (non-hydrogen) atoms. The van der Waals surface area contributed by atoms with E-state index in [2.05, 4.69) is 47.4 Å². The molecule has 2 aromatic heterocycles. The van der Waals surface area contributed by atoms with Gasteiger partial charge in [0.2, 0.25) is 0 Å². The van der Waals surface area contributed by atoms with Gasteiger partial charge in [-0.2, -0.15) is 5.10 Å². The first-order valence-electron chi connectivity index (χ1n) is 11.9. The largest absolute Gasteiger partial charge is 0.489 e. The molecule has 180 valence electrons. The quantitative estimate of drug-likeness (QED) is 0.298. The number of Topliss-reactive ketones (excluding diaryl/α,β-unsaturated/α-hetero) is 1. The molecule has 2 heterocycles. The van der Waals surface area contributed by atoms with E-state index in [0.29, 0.717) is 19.4 Å². The minimum atomic E-state index is 0.225. The maximum atomic E-state index is 12.4. The molecule has 0 unspecified atom stereocenters. The van der Waals surface area contributed by atoms with E-state index in [0.717, 1.165) is 53.1 Å². The molecule has 0 aliphatic carbocycles. The standard InChI is InChI=1S/C29H32N4O2/c1-32(2)16-17-33-21-26(20-31-33)29-8-4-3-7-25(29)22-35-28-13-10-23(11-14-28)18-27(34)12-9-24-6-5-15-30-19-24/h3-8,10-11,13-15,19-21H,9,12,16-18,22H2,1-2H3. The molecule has 2 aromatic carbocycles. The third-order valence-electron chi connectivity index (χ3n) is 5.87. The molecular weight excluding hydrogens is 436 g/mol. The maximum Gasteiger partial charge on any atom is 0.137 e. The smallest absolute Gasteiger partial charge is 0.137 e. The number of nitrogens with zero attached hydrogens (tertiary/aromatic N) is 4. The van der Waals surface area contributed by atoms with E-state index in [9.17, 15) is 4.79 Å². The van der Waals surface area contributed by atoms with Crippen molar-refractivity contribution in [3.05, 3.63) is 102 Å². The molecular formula is C29H32N4O2. The highest BCUT2D eigenvalue weighted by Crippen LogP contribution is 2.25. The molecule has 0 aliphatic heterocycles. The minimum Gasteiger partial charge on any atom is -0.489 e. The highest BCUT2D eigenvalue weighted by atomic mass is 16.5. The first-order chi connectivity index (χ1) is 17.1. The number of aromatic nitrogens is 3. The van der Waals surface area contributed by atoms with Crippen molar-refractivity contribution in [3.8, 4) is 16.9 Å². The van der Waals surface area contributed by atoms with Gasteiger partial charge in [-0.25, -0.2) is 0 Å². The Morgan fingerprint density at radius 1 is 0.971 bits per heavy atom. The van der Waals surface area contributed by atoms with Gasteiger partial charge in [0.25, 0.3) is 0 Å². The number of likely N-dealkylation sites (N-methyl/N-ethyl adjacent to an activating group) is 1. The zero-order chi connectivity index (χ0) is 24.5. The molecule has 0 spiro atoms. The first kappa shape index (κ1) is 24.4. The van der Waals surface area contributed by atoms with E-state index in [4.69, 9.17) is 4.74 Å². The number of ether oxygens (including phenoxy) is 1. The lowest BCUT2D eigenvalue weighted by Gasteiger charge is -2.11. The molecule has 0 bridgehead atoms. The molecule has 0 aliphatic rings. The fourth-order valence-corrected chi connectivity index (χ4v) is 3.87.